The highest BCUT2D eigenvalue weighted by molar-refractivity contribution is 8.08. The van der Waals surface area contributed by atoms with Gasteiger partial charge < -0.3 is 9.15 Å². The second kappa shape index (κ2) is 11.8. The first-order chi connectivity index (χ1) is 17.8. The van der Waals surface area contributed by atoms with Crippen molar-refractivity contribution < 1.29 is 22.9 Å². The molecule has 0 aliphatic rings. The van der Waals surface area contributed by atoms with Crippen LogP contribution in [0.5, 0.6) is 0 Å². The number of aryl methyl sites for hydroxylation is 1. The Hall–Kier alpha value is -3.39. The standard InChI is InChI=1S/C27H24FN2O4S3/c1-5-7-21(36-22-14-18(28)9-8-17(22)3)25-26(31)30(6-2)24(37-25)15-23-29(12-13-35-23)16-19-10-11-20(34-19)27(32)33-4/h8-15H,6,16H2,1-4H3/q+1/b25-21+. The van der Waals surface area contributed by atoms with Crippen LogP contribution in [-0.2, 0) is 17.8 Å². The number of methoxy groups -OCH3 is 1. The van der Waals surface area contributed by atoms with Crippen molar-refractivity contribution in [2.45, 2.75) is 38.8 Å². The SMILES string of the molecule is CC#C/C(Sc1cc(F)ccc1C)=c1\s/c(=C\c2scc[n+]2Cc2ccc(C(=O)OC)o2)n(CC)c1=O. The first-order valence-corrected chi connectivity index (χ1v) is 13.8. The fraction of sp³-hybridized carbons (Fsp3) is 0.222. The number of esters is 1. The number of carbonyl (C=O) groups excluding carboxylic acids is 1. The molecule has 0 aliphatic carbocycles. The molecule has 190 valence electrons. The molecule has 37 heavy (non-hydrogen) atoms. The maximum absolute atomic E-state index is 13.9. The molecule has 3 heterocycles. The van der Waals surface area contributed by atoms with Crippen molar-refractivity contribution in [1.29, 1.82) is 0 Å². The van der Waals surface area contributed by atoms with Crippen molar-refractivity contribution in [2.24, 2.45) is 0 Å². The van der Waals surface area contributed by atoms with Crippen LogP contribution in [0.3, 0.4) is 0 Å². The monoisotopic (exact) mass is 555 g/mol. The van der Waals surface area contributed by atoms with Gasteiger partial charge in [0.1, 0.15) is 15.0 Å². The van der Waals surface area contributed by atoms with Gasteiger partial charge >= 0.3 is 5.97 Å². The number of furan rings is 1. The summed E-state index contributed by atoms with van der Waals surface area (Å²) in [5.74, 6) is 5.84. The number of ether oxygens (including phenoxy) is 1. The maximum atomic E-state index is 13.9. The Balaban J connectivity index is 1.78. The lowest BCUT2D eigenvalue weighted by atomic mass is 10.2. The number of hydrogen-bond acceptors (Lipinski definition) is 7. The van der Waals surface area contributed by atoms with Gasteiger partial charge in [0.15, 0.2) is 12.0 Å². The summed E-state index contributed by atoms with van der Waals surface area (Å²) in [5.41, 5.74) is 0.781. The molecule has 1 aromatic carbocycles. The lowest BCUT2D eigenvalue weighted by molar-refractivity contribution is -0.686. The summed E-state index contributed by atoms with van der Waals surface area (Å²) in [6, 6.07) is 7.92. The van der Waals surface area contributed by atoms with Gasteiger partial charge in [0.2, 0.25) is 12.3 Å². The van der Waals surface area contributed by atoms with Gasteiger partial charge in [0, 0.05) is 11.4 Å². The summed E-state index contributed by atoms with van der Waals surface area (Å²) in [7, 11) is 1.31. The summed E-state index contributed by atoms with van der Waals surface area (Å²) in [5, 5.41) is 2.85. The first kappa shape index (κ1) is 26.7. The molecule has 0 aliphatic heterocycles. The highest BCUT2D eigenvalue weighted by Crippen LogP contribution is 2.30. The molecule has 0 N–H and O–H groups in total. The second-order valence-corrected chi connectivity index (χ2v) is 10.8. The maximum Gasteiger partial charge on any atom is 0.373 e. The third-order valence-corrected chi connectivity index (χ3v) is 8.65. The van der Waals surface area contributed by atoms with Crippen molar-refractivity contribution in [1.82, 2.24) is 4.57 Å². The van der Waals surface area contributed by atoms with Crippen molar-refractivity contribution >= 4 is 51.4 Å². The minimum atomic E-state index is -0.528. The van der Waals surface area contributed by atoms with Crippen molar-refractivity contribution in [3.8, 4) is 11.8 Å². The Morgan fingerprint density at radius 1 is 1.32 bits per heavy atom. The number of thioether (sulfide) groups is 1. The summed E-state index contributed by atoms with van der Waals surface area (Å²) in [4.78, 5) is 26.4. The Morgan fingerprint density at radius 2 is 2.14 bits per heavy atom. The van der Waals surface area contributed by atoms with Crippen LogP contribution in [0.15, 0.2) is 56.0 Å². The third kappa shape index (κ3) is 5.96. The van der Waals surface area contributed by atoms with Crippen LogP contribution in [0.1, 0.15) is 40.7 Å². The van der Waals surface area contributed by atoms with E-state index < -0.39 is 5.97 Å². The van der Waals surface area contributed by atoms with Gasteiger partial charge in [0.05, 0.1) is 23.5 Å². The Kier molecular flexibility index (Phi) is 8.48. The average molecular weight is 556 g/mol. The van der Waals surface area contributed by atoms with Gasteiger partial charge in [-0.05, 0) is 50.6 Å². The molecular formula is C27H24FN2O4S3+. The van der Waals surface area contributed by atoms with Crippen molar-refractivity contribution in [2.75, 3.05) is 7.11 Å². The number of halogens is 1. The molecular weight excluding hydrogens is 532 g/mol. The molecule has 0 atom stereocenters. The third-order valence-electron chi connectivity index (χ3n) is 5.37. The Morgan fingerprint density at radius 3 is 2.86 bits per heavy atom. The summed E-state index contributed by atoms with van der Waals surface area (Å²) in [6.07, 6.45) is 3.88. The fourth-order valence-corrected chi connectivity index (χ4v) is 6.63. The van der Waals surface area contributed by atoms with Gasteiger partial charge in [-0.2, -0.15) is 4.57 Å². The first-order valence-electron chi connectivity index (χ1n) is 11.3. The normalized spacial score (nSPS) is 12.3. The zero-order chi connectivity index (χ0) is 26.5. The molecule has 4 aromatic rings. The van der Waals surface area contributed by atoms with Gasteiger partial charge in [-0.25, -0.2) is 9.18 Å². The van der Waals surface area contributed by atoms with Crippen LogP contribution in [0.2, 0.25) is 0 Å². The molecule has 0 fully saturated rings. The van der Waals surface area contributed by atoms with Crippen molar-refractivity contribution in [3.63, 3.8) is 0 Å². The number of hydrogen-bond donors (Lipinski definition) is 0. The minimum Gasteiger partial charge on any atom is -0.463 e. The van der Waals surface area contributed by atoms with Gasteiger partial charge in [0.25, 0.3) is 10.6 Å². The molecule has 0 saturated heterocycles. The molecule has 4 rings (SSSR count). The number of carbonyl (C=O) groups is 1. The van der Waals surface area contributed by atoms with Crippen LogP contribution in [0.4, 0.5) is 4.39 Å². The van der Waals surface area contributed by atoms with Gasteiger partial charge in [-0.15, -0.1) is 17.3 Å². The van der Waals surface area contributed by atoms with E-state index in [1.807, 2.05) is 36.1 Å². The summed E-state index contributed by atoms with van der Waals surface area (Å²) >= 11 is 4.19. The average Bonchev–Trinajstić information content (AvgIpc) is 3.60. The number of benzene rings is 1. The van der Waals surface area contributed by atoms with Crippen LogP contribution < -0.4 is 19.3 Å². The quantitative estimate of drug-likeness (QED) is 0.150. The number of nitrogens with zero attached hydrogens (tertiary/aromatic N) is 2. The van der Waals surface area contributed by atoms with E-state index in [-0.39, 0.29) is 17.1 Å². The number of rotatable bonds is 7. The van der Waals surface area contributed by atoms with Crippen molar-refractivity contribution in [3.05, 3.63) is 89.4 Å². The Labute approximate surface area is 225 Å². The van der Waals surface area contributed by atoms with Crippen LogP contribution in [0, 0.1) is 24.6 Å². The lowest BCUT2D eigenvalue weighted by Crippen LogP contribution is -2.35. The summed E-state index contributed by atoms with van der Waals surface area (Å²) in [6.45, 7) is 6.44. The molecule has 0 amide bonds. The highest BCUT2D eigenvalue weighted by Gasteiger charge is 2.18. The largest absolute Gasteiger partial charge is 0.463 e. The number of thiazole rings is 2. The van der Waals surface area contributed by atoms with Gasteiger partial charge in [-0.3, -0.25) is 9.36 Å². The molecule has 0 bridgehead atoms. The van der Waals surface area contributed by atoms with E-state index in [0.29, 0.717) is 28.3 Å². The van der Waals surface area contributed by atoms with Crippen LogP contribution in [-0.4, -0.2) is 17.6 Å². The van der Waals surface area contributed by atoms with E-state index in [4.69, 9.17) is 9.15 Å². The lowest BCUT2D eigenvalue weighted by Gasteiger charge is -2.04. The van der Waals surface area contributed by atoms with E-state index in [1.54, 1.807) is 29.7 Å². The molecule has 0 saturated carbocycles. The van der Waals surface area contributed by atoms with E-state index in [0.717, 1.165) is 20.1 Å². The van der Waals surface area contributed by atoms with Gasteiger partial charge in [-0.1, -0.05) is 35.1 Å². The predicted molar refractivity (Wildman–Crippen MR) is 145 cm³/mol. The van der Waals surface area contributed by atoms with E-state index in [1.165, 1.54) is 53.7 Å². The van der Waals surface area contributed by atoms with E-state index in [9.17, 15) is 14.0 Å². The van der Waals surface area contributed by atoms with Crippen LogP contribution >= 0.6 is 34.4 Å². The minimum absolute atomic E-state index is 0.130. The smallest absolute Gasteiger partial charge is 0.373 e. The topological polar surface area (TPSA) is 65.3 Å². The Bertz CT molecular complexity index is 1700. The zero-order valence-corrected chi connectivity index (χ0v) is 23.1. The fourth-order valence-electron chi connectivity index (χ4n) is 3.52. The zero-order valence-electron chi connectivity index (χ0n) is 20.7. The molecule has 3 aromatic heterocycles. The molecule has 10 heteroatoms. The summed E-state index contributed by atoms with van der Waals surface area (Å²) < 4.78 is 29.2. The predicted octanol–water partition coefficient (Wildman–Crippen LogP) is 3.91. The molecule has 0 radical (unpaired) electrons. The van der Waals surface area contributed by atoms with E-state index >= 15 is 0 Å². The molecule has 6 nitrogen and oxygen atoms in total. The molecule has 0 spiro atoms. The molecule has 0 unspecified atom stereocenters. The van der Waals surface area contributed by atoms with Crippen LogP contribution in [0.25, 0.3) is 11.0 Å². The highest BCUT2D eigenvalue weighted by atomic mass is 32.2. The van der Waals surface area contributed by atoms with E-state index in [2.05, 4.69) is 11.8 Å². The number of aromatic nitrogens is 2. The second-order valence-electron chi connectivity index (χ2n) is 7.81.